The van der Waals surface area contributed by atoms with E-state index in [9.17, 15) is 8.42 Å². The van der Waals surface area contributed by atoms with Gasteiger partial charge in [-0.1, -0.05) is 0 Å². The molecule has 0 aliphatic heterocycles. The molecule has 2 aromatic heterocycles. The first-order valence-corrected chi connectivity index (χ1v) is 7.45. The Hall–Kier alpha value is -1.38. The molecule has 0 aliphatic carbocycles. The molecule has 0 fully saturated rings. The second kappa shape index (κ2) is 4.71. The fourth-order valence-corrected chi connectivity index (χ4v) is 3.80. The molecular weight excluding hydrogens is 274 g/mol. The lowest BCUT2D eigenvalue weighted by Crippen LogP contribution is -2.11. The van der Waals surface area contributed by atoms with Crippen LogP contribution in [0, 0.1) is 6.92 Å². The van der Waals surface area contributed by atoms with Crippen LogP contribution in [0.2, 0.25) is 0 Å². The zero-order chi connectivity index (χ0) is 13.3. The summed E-state index contributed by atoms with van der Waals surface area (Å²) in [4.78, 5) is 0.610. The van der Waals surface area contributed by atoms with Crippen molar-refractivity contribution in [1.29, 1.82) is 0 Å². The van der Waals surface area contributed by atoms with Crippen LogP contribution in [-0.2, 0) is 23.7 Å². The standard InChI is InChI=1S/C10H13N3O3S2/c1-7-9(5-13(2)11-7)12-18(15,16)10-4-3-8(6-14)17-10/h3-5,12,14H,6H2,1-2H3. The number of nitrogens with one attached hydrogen (secondary N) is 1. The maximum absolute atomic E-state index is 12.1. The summed E-state index contributed by atoms with van der Waals surface area (Å²) >= 11 is 1.04. The Morgan fingerprint density at radius 1 is 1.50 bits per heavy atom. The molecule has 2 heterocycles. The van der Waals surface area contributed by atoms with Gasteiger partial charge in [-0.3, -0.25) is 9.40 Å². The second-order valence-electron chi connectivity index (χ2n) is 3.79. The van der Waals surface area contributed by atoms with Crippen molar-refractivity contribution in [2.45, 2.75) is 17.7 Å². The van der Waals surface area contributed by atoms with Gasteiger partial charge >= 0.3 is 0 Å². The van der Waals surface area contributed by atoms with E-state index >= 15 is 0 Å². The highest BCUT2D eigenvalue weighted by atomic mass is 32.2. The first-order chi connectivity index (χ1) is 8.42. The third kappa shape index (κ3) is 2.55. The Morgan fingerprint density at radius 2 is 2.22 bits per heavy atom. The Bertz CT molecular complexity index is 658. The number of sulfonamides is 1. The van der Waals surface area contributed by atoms with E-state index in [2.05, 4.69) is 9.82 Å². The summed E-state index contributed by atoms with van der Waals surface area (Å²) in [7, 11) is -1.89. The molecule has 0 spiro atoms. The molecular formula is C10H13N3O3S2. The maximum Gasteiger partial charge on any atom is 0.271 e. The van der Waals surface area contributed by atoms with Crippen LogP contribution in [0.5, 0.6) is 0 Å². The highest BCUT2D eigenvalue weighted by molar-refractivity contribution is 7.94. The van der Waals surface area contributed by atoms with Gasteiger partial charge in [-0.25, -0.2) is 8.42 Å². The molecule has 0 aromatic carbocycles. The van der Waals surface area contributed by atoms with Gasteiger partial charge in [0.25, 0.3) is 10.0 Å². The number of thiophene rings is 1. The molecule has 6 nitrogen and oxygen atoms in total. The van der Waals surface area contributed by atoms with Crippen molar-refractivity contribution in [2.75, 3.05) is 4.72 Å². The van der Waals surface area contributed by atoms with Gasteiger partial charge in [-0.2, -0.15) is 5.10 Å². The SMILES string of the molecule is Cc1nn(C)cc1NS(=O)(=O)c1ccc(CO)s1. The molecule has 0 aliphatic rings. The molecule has 8 heteroatoms. The van der Waals surface area contributed by atoms with Crippen molar-refractivity contribution in [3.8, 4) is 0 Å². The van der Waals surface area contributed by atoms with E-state index in [-0.39, 0.29) is 10.8 Å². The third-order valence-electron chi connectivity index (χ3n) is 2.32. The van der Waals surface area contributed by atoms with Crippen LogP contribution in [0.15, 0.2) is 22.5 Å². The highest BCUT2D eigenvalue weighted by Gasteiger charge is 2.18. The van der Waals surface area contributed by atoms with E-state index in [0.29, 0.717) is 16.3 Å². The van der Waals surface area contributed by atoms with Gasteiger partial charge < -0.3 is 5.11 Å². The smallest absolute Gasteiger partial charge is 0.271 e. The zero-order valence-electron chi connectivity index (χ0n) is 9.91. The minimum atomic E-state index is -3.61. The number of nitrogens with zero attached hydrogens (tertiary/aromatic N) is 2. The number of hydrogen-bond acceptors (Lipinski definition) is 5. The molecule has 98 valence electrons. The van der Waals surface area contributed by atoms with Gasteiger partial charge in [0.15, 0.2) is 0 Å². The predicted molar refractivity (Wildman–Crippen MR) is 69.0 cm³/mol. The number of aryl methyl sites for hydroxylation is 2. The molecule has 0 saturated carbocycles. The lowest BCUT2D eigenvalue weighted by Gasteiger charge is -2.03. The molecule has 0 bridgehead atoms. The van der Waals surface area contributed by atoms with Crippen LogP contribution in [-0.4, -0.2) is 23.3 Å². The maximum atomic E-state index is 12.1. The van der Waals surface area contributed by atoms with Gasteiger partial charge in [-0.05, 0) is 19.1 Å². The fourth-order valence-electron chi connectivity index (χ4n) is 1.48. The summed E-state index contributed by atoms with van der Waals surface area (Å²) < 4.78 is 28.3. The minimum absolute atomic E-state index is 0.161. The normalized spacial score (nSPS) is 11.7. The van der Waals surface area contributed by atoms with E-state index in [0.717, 1.165) is 11.3 Å². The first kappa shape index (κ1) is 13.1. The van der Waals surface area contributed by atoms with Crippen molar-refractivity contribution < 1.29 is 13.5 Å². The second-order valence-corrected chi connectivity index (χ2v) is 6.86. The summed E-state index contributed by atoms with van der Waals surface area (Å²) in [5.74, 6) is 0. The van der Waals surface area contributed by atoms with E-state index < -0.39 is 10.0 Å². The Kier molecular flexibility index (Phi) is 3.42. The molecule has 18 heavy (non-hydrogen) atoms. The monoisotopic (exact) mass is 287 g/mol. The topological polar surface area (TPSA) is 84.2 Å². The van der Waals surface area contributed by atoms with Crippen LogP contribution in [0.1, 0.15) is 10.6 Å². The molecule has 0 unspecified atom stereocenters. The predicted octanol–water partition coefficient (Wildman–Crippen LogP) is 1.08. The quantitative estimate of drug-likeness (QED) is 0.881. The molecule has 2 N–H and O–H groups in total. The summed E-state index contributed by atoms with van der Waals surface area (Å²) in [6, 6.07) is 3.07. The average molecular weight is 287 g/mol. The van der Waals surface area contributed by atoms with Crippen LogP contribution >= 0.6 is 11.3 Å². The van der Waals surface area contributed by atoms with Crippen molar-refractivity contribution in [3.05, 3.63) is 28.9 Å². The third-order valence-corrected chi connectivity index (χ3v) is 5.24. The molecule has 0 atom stereocenters. The number of rotatable bonds is 4. The van der Waals surface area contributed by atoms with Crippen molar-refractivity contribution >= 4 is 27.0 Å². The van der Waals surface area contributed by atoms with E-state index in [1.165, 1.54) is 6.07 Å². The number of aliphatic hydroxyl groups excluding tert-OH is 1. The van der Waals surface area contributed by atoms with Crippen LogP contribution < -0.4 is 4.72 Å². The van der Waals surface area contributed by atoms with Crippen LogP contribution in [0.4, 0.5) is 5.69 Å². The summed E-state index contributed by atoms with van der Waals surface area (Å²) in [6.07, 6.45) is 1.60. The van der Waals surface area contributed by atoms with Crippen LogP contribution in [0.3, 0.4) is 0 Å². The zero-order valence-corrected chi connectivity index (χ0v) is 11.5. The van der Waals surface area contributed by atoms with E-state index in [1.807, 2.05) is 0 Å². The minimum Gasteiger partial charge on any atom is -0.391 e. The van der Waals surface area contributed by atoms with Crippen LogP contribution in [0.25, 0.3) is 0 Å². The van der Waals surface area contributed by atoms with E-state index in [1.54, 1.807) is 30.9 Å². The summed E-state index contributed by atoms with van der Waals surface area (Å²) in [5.41, 5.74) is 1.07. The molecule has 0 saturated heterocycles. The lowest BCUT2D eigenvalue weighted by molar-refractivity contribution is 0.285. The number of hydrogen-bond donors (Lipinski definition) is 2. The summed E-state index contributed by atoms with van der Waals surface area (Å²) in [5, 5.41) is 13.0. The highest BCUT2D eigenvalue weighted by Crippen LogP contribution is 2.24. The molecule has 0 amide bonds. The van der Waals surface area contributed by atoms with Gasteiger partial charge in [0, 0.05) is 18.1 Å². The largest absolute Gasteiger partial charge is 0.391 e. The average Bonchev–Trinajstić information content (AvgIpc) is 2.86. The van der Waals surface area contributed by atoms with E-state index in [4.69, 9.17) is 5.11 Å². The Labute approximate surface area is 109 Å². The van der Waals surface area contributed by atoms with Gasteiger partial charge in [0.05, 0.1) is 18.0 Å². The van der Waals surface area contributed by atoms with Crippen molar-refractivity contribution in [3.63, 3.8) is 0 Å². The summed E-state index contributed by atoms with van der Waals surface area (Å²) in [6.45, 7) is 1.57. The van der Waals surface area contributed by atoms with Gasteiger partial charge in [-0.15, -0.1) is 11.3 Å². The molecule has 2 aromatic rings. The number of aliphatic hydroxyl groups is 1. The molecule has 2 rings (SSSR count). The van der Waals surface area contributed by atoms with Gasteiger partial charge in [0.1, 0.15) is 4.21 Å². The number of aromatic nitrogens is 2. The molecule has 0 radical (unpaired) electrons. The van der Waals surface area contributed by atoms with Gasteiger partial charge in [0.2, 0.25) is 0 Å². The lowest BCUT2D eigenvalue weighted by atomic mass is 10.4. The first-order valence-electron chi connectivity index (χ1n) is 5.15. The number of anilines is 1. The van der Waals surface area contributed by atoms with Crippen molar-refractivity contribution in [1.82, 2.24) is 9.78 Å². The fraction of sp³-hybridized carbons (Fsp3) is 0.300. The van der Waals surface area contributed by atoms with Crippen molar-refractivity contribution in [2.24, 2.45) is 7.05 Å². The Balaban J connectivity index is 2.29. The Morgan fingerprint density at radius 3 is 2.72 bits per heavy atom.